The van der Waals surface area contributed by atoms with E-state index in [9.17, 15) is 0 Å². The van der Waals surface area contributed by atoms with Crippen LogP contribution >= 0.6 is 24.0 Å². The Morgan fingerprint density at radius 3 is 2.46 bits per heavy atom. The van der Waals surface area contributed by atoms with Gasteiger partial charge in [0, 0.05) is 26.7 Å². The predicted molar refractivity (Wildman–Crippen MR) is 119 cm³/mol. The van der Waals surface area contributed by atoms with Gasteiger partial charge in [0.05, 0.1) is 13.2 Å². The first-order valence-corrected chi connectivity index (χ1v) is 9.45. The summed E-state index contributed by atoms with van der Waals surface area (Å²) in [5.74, 6) is 2.44. The topological polar surface area (TPSA) is 54.9 Å². The van der Waals surface area contributed by atoms with E-state index < -0.39 is 0 Å². The summed E-state index contributed by atoms with van der Waals surface area (Å²) in [4.78, 5) is 4.31. The van der Waals surface area contributed by atoms with Gasteiger partial charge < -0.3 is 20.1 Å². The van der Waals surface area contributed by atoms with E-state index in [0.717, 1.165) is 43.7 Å². The van der Waals surface area contributed by atoms with E-state index in [1.165, 1.54) is 31.2 Å². The second-order valence-electron chi connectivity index (χ2n) is 6.53. The Morgan fingerprint density at radius 1 is 1.19 bits per heavy atom. The minimum absolute atomic E-state index is 0. The molecule has 5 nitrogen and oxygen atoms in total. The van der Waals surface area contributed by atoms with Gasteiger partial charge >= 0.3 is 0 Å². The number of hydrogen-bond acceptors (Lipinski definition) is 3. The fraction of sp³-hybridized carbons (Fsp3) is 0.650. The summed E-state index contributed by atoms with van der Waals surface area (Å²) in [6, 6.07) is 8.07. The van der Waals surface area contributed by atoms with Gasteiger partial charge in [-0.05, 0) is 49.8 Å². The third kappa shape index (κ3) is 7.70. The Hall–Kier alpha value is -1.02. The number of nitrogens with zero attached hydrogens (tertiary/aromatic N) is 1. The van der Waals surface area contributed by atoms with Crippen LogP contribution in [0.4, 0.5) is 0 Å². The molecule has 1 unspecified atom stereocenters. The maximum atomic E-state index is 5.98. The molecule has 0 radical (unpaired) electrons. The molecule has 148 valence electrons. The lowest BCUT2D eigenvalue weighted by Crippen LogP contribution is -2.39. The van der Waals surface area contributed by atoms with Crippen molar-refractivity contribution in [3.63, 3.8) is 0 Å². The summed E-state index contributed by atoms with van der Waals surface area (Å²) < 4.78 is 11.2. The van der Waals surface area contributed by atoms with Crippen LogP contribution in [-0.2, 0) is 11.3 Å². The number of ether oxygens (including phenoxy) is 2. The van der Waals surface area contributed by atoms with Crippen molar-refractivity contribution >= 4 is 29.9 Å². The van der Waals surface area contributed by atoms with Gasteiger partial charge in [0.1, 0.15) is 5.75 Å². The van der Waals surface area contributed by atoms with Crippen LogP contribution in [0, 0.1) is 5.92 Å². The van der Waals surface area contributed by atoms with E-state index in [1.807, 2.05) is 12.1 Å². The third-order valence-electron chi connectivity index (χ3n) is 4.87. The zero-order valence-electron chi connectivity index (χ0n) is 16.3. The minimum Gasteiger partial charge on any atom is -0.497 e. The second kappa shape index (κ2) is 13.2. The first-order chi connectivity index (χ1) is 12.3. The SMILES string of the molecule is CCOC(CCNC(=NC)NCc1ccc(OC)cc1)C1CCCC1.I. The summed E-state index contributed by atoms with van der Waals surface area (Å²) in [6.45, 7) is 4.50. The van der Waals surface area contributed by atoms with Crippen molar-refractivity contribution in [1.82, 2.24) is 10.6 Å². The molecular weight excluding hydrogens is 441 g/mol. The molecule has 1 aromatic carbocycles. The molecule has 0 spiro atoms. The molecule has 1 aliphatic carbocycles. The van der Waals surface area contributed by atoms with Crippen molar-refractivity contribution in [3.8, 4) is 5.75 Å². The highest BCUT2D eigenvalue weighted by Crippen LogP contribution is 2.30. The predicted octanol–water partition coefficient (Wildman–Crippen LogP) is 3.96. The molecule has 0 bridgehead atoms. The maximum Gasteiger partial charge on any atom is 0.191 e. The van der Waals surface area contributed by atoms with Gasteiger partial charge in [-0.3, -0.25) is 4.99 Å². The van der Waals surface area contributed by atoms with E-state index in [4.69, 9.17) is 9.47 Å². The highest BCUT2D eigenvalue weighted by Gasteiger charge is 2.25. The molecular formula is C20H34IN3O2. The lowest BCUT2D eigenvalue weighted by atomic mass is 9.98. The van der Waals surface area contributed by atoms with E-state index >= 15 is 0 Å². The monoisotopic (exact) mass is 475 g/mol. The molecule has 1 atom stereocenters. The lowest BCUT2D eigenvalue weighted by molar-refractivity contribution is 0.0169. The molecule has 6 heteroatoms. The molecule has 0 saturated heterocycles. The normalized spacial score (nSPS) is 16.0. The molecule has 2 N–H and O–H groups in total. The van der Waals surface area contributed by atoms with Crippen molar-refractivity contribution in [2.75, 3.05) is 27.3 Å². The minimum atomic E-state index is 0. The molecule has 0 aromatic heterocycles. The maximum absolute atomic E-state index is 5.98. The highest BCUT2D eigenvalue weighted by atomic mass is 127. The number of nitrogens with one attached hydrogen (secondary N) is 2. The number of benzene rings is 1. The molecule has 1 aliphatic rings. The number of hydrogen-bond donors (Lipinski definition) is 2. The van der Waals surface area contributed by atoms with Crippen LogP contribution in [0.15, 0.2) is 29.3 Å². The number of halogens is 1. The number of guanidine groups is 1. The lowest BCUT2D eigenvalue weighted by Gasteiger charge is -2.24. The van der Waals surface area contributed by atoms with Crippen LogP contribution in [0.3, 0.4) is 0 Å². The van der Waals surface area contributed by atoms with Gasteiger partial charge in [-0.25, -0.2) is 0 Å². The van der Waals surface area contributed by atoms with Gasteiger partial charge in [-0.2, -0.15) is 0 Å². The molecule has 0 amide bonds. The first kappa shape index (κ1) is 23.0. The smallest absolute Gasteiger partial charge is 0.191 e. The van der Waals surface area contributed by atoms with E-state index in [-0.39, 0.29) is 24.0 Å². The second-order valence-corrected chi connectivity index (χ2v) is 6.53. The van der Waals surface area contributed by atoms with Gasteiger partial charge in [0.25, 0.3) is 0 Å². The summed E-state index contributed by atoms with van der Waals surface area (Å²) in [5, 5.41) is 6.76. The van der Waals surface area contributed by atoms with Crippen molar-refractivity contribution < 1.29 is 9.47 Å². The Labute approximate surface area is 175 Å². The fourth-order valence-corrected chi connectivity index (χ4v) is 3.48. The van der Waals surface area contributed by atoms with Gasteiger partial charge in [0.15, 0.2) is 5.96 Å². The zero-order valence-corrected chi connectivity index (χ0v) is 18.6. The summed E-state index contributed by atoms with van der Waals surface area (Å²) in [7, 11) is 3.49. The average molecular weight is 475 g/mol. The van der Waals surface area contributed by atoms with E-state index in [0.29, 0.717) is 6.10 Å². The summed E-state index contributed by atoms with van der Waals surface area (Å²) in [6.07, 6.45) is 6.74. The van der Waals surface area contributed by atoms with Crippen LogP contribution in [-0.4, -0.2) is 39.4 Å². The van der Waals surface area contributed by atoms with E-state index in [1.54, 1.807) is 14.2 Å². The molecule has 1 fully saturated rings. The number of aliphatic imine (C=N–C) groups is 1. The first-order valence-electron chi connectivity index (χ1n) is 9.45. The van der Waals surface area contributed by atoms with Crippen LogP contribution in [0.5, 0.6) is 5.75 Å². The van der Waals surface area contributed by atoms with Crippen molar-refractivity contribution in [1.29, 1.82) is 0 Å². The van der Waals surface area contributed by atoms with Crippen LogP contribution in [0.1, 0.15) is 44.6 Å². The molecule has 1 aromatic rings. The van der Waals surface area contributed by atoms with Gasteiger partial charge in [0.2, 0.25) is 0 Å². The average Bonchev–Trinajstić information content (AvgIpc) is 3.18. The van der Waals surface area contributed by atoms with Crippen molar-refractivity contribution in [2.45, 2.75) is 51.7 Å². The quantitative estimate of drug-likeness (QED) is 0.323. The standard InChI is InChI=1S/C20H33N3O2.HI/c1-4-25-19(17-7-5-6-8-17)13-14-22-20(21-2)23-15-16-9-11-18(24-3)12-10-16;/h9-12,17,19H,4-8,13-15H2,1-3H3,(H2,21,22,23);1H. The van der Waals surface area contributed by atoms with Crippen LogP contribution < -0.4 is 15.4 Å². The molecule has 0 aliphatic heterocycles. The van der Waals surface area contributed by atoms with Crippen molar-refractivity contribution in [2.24, 2.45) is 10.9 Å². The van der Waals surface area contributed by atoms with Gasteiger partial charge in [-0.15, -0.1) is 24.0 Å². The Kier molecular flexibility index (Phi) is 11.7. The highest BCUT2D eigenvalue weighted by molar-refractivity contribution is 14.0. The third-order valence-corrected chi connectivity index (χ3v) is 4.87. The largest absolute Gasteiger partial charge is 0.497 e. The Balaban J connectivity index is 0.00000338. The van der Waals surface area contributed by atoms with Crippen LogP contribution in [0.2, 0.25) is 0 Å². The summed E-state index contributed by atoms with van der Waals surface area (Å²) >= 11 is 0. The molecule has 26 heavy (non-hydrogen) atoms. The summed E-state index contributed by atoms with van der Waals surface area (Å²) in [5.41, 5.74) is 1.20. The van der Waals surface area contributed by atoms with Gasteiger partial charge in [-0.1, -0.05) is 25.0 Å². The van der Waals surface area contributed by atoms with E-state index in [2.05, 4.69) is 34.7 Å². The Bertz CT molecular complexity index is 516. The molecule has 0 heterocycles. The fourth-order valence-electron chi connectivity index (χ4n) is 3.48. The zero-order chi connectivity index (χ0) is 17.9. The van der Waals surface area contributed by atoms with Crippen LogP contribution in [0.25, 0.3) is 0 Å². The molecule has 2 rings (SSSR count). The number of rotatable bonds is 9. The number of methoxy groups -OCH3 is 1. The molecule has 1 saturated carbocycles. The van der Waals surface area contributed by atoms with Crippen molar-refractivity contribution in [3.05, 3.63) is 29.8 Å². The Morgan fingerprint density at radius 2 is 1.88 bits per heavy atom.